The van der Waals surface area contributed by atoms with Gasteiger partial charge in [0, 0.05) is 23.9 Å². The Labute approximate surface area is 179 Å². The Kier molecular flexibility index (Phi) is 7.02. The van der Waals surface area contributed by atoms with Crippen molar-refractivity contribution in [3.8, 4) is 17.2 Å². The maximum absolute atomic E-state index is 12.4. The van der Waals surface area contributed by atoms with Crippen molar-refractivity contribution in [2.75, 3.05) is 7.11 Å². The van der Waals surface area contributed by atoms with E-state index in [1.165, 1.54) is 25.3 Å². The Hall–Kier alpha value is -3.68. The molecule has 0 bridgehead atoms. The first-order chi connectivity index (χ1) is 14.9. The number of aryl methyl sites for hydroxylation is 1. The van der Waals surface area contributed by atoms with Gasteiger partial charge in [-0.25, -0.2) is 4.68 Å². The maximum atomic E-state index is 12.4. The van der Waals surface area contributed by atoms with E-state index in [9.17, 15) is 13.6 Å². The van der Waals surface area contributed by atoms with E-state index in [0.717, 1.165) is 22.6 Å². The maximum Gasteiger partial charge on any atom is 0.387 e. The molecule has 0 aliphatic heterocycles. The van der Waals surface area contributed by atoms with Gasteiger partial charge in [-0.15, -0.1) is 0 Å². The smallest absolute Gasteiger partial charge is 0.387 e. The molecule has 0 spiro atoms. The first-order valence-corrected chi connectivity index (χ1v) is 9.58. The first-order valence-electron chi connectivity index (χ1n) is 9.58. The summed E-state index contributed by atoms with van der Waals surface area (Å²) in [6, 6.07) is 14.2. The summed E-state index contributed by atoms with van der Waals surface area (Å²) in [5, 5.41) is 7.42. The number of methoxy groups -OCH3 is 1. The lowest BCUT2D eigenvalue weighted by Crippen LogP contribution is -2.21. The number of hydrogen-bond acceptors (Lipinski definition) is 4. The number of benzene rings is 2. The van der Waals surface area contributed by atoms with Gasteiger partial charge in [-0.05, 0) is 49.8 Å². The molecule has 3 rings (SSSR count). The Balaban J connectivity index is 1.66. The number of nitrogens with zero attached hydrogens (tertiary/aromatic N) is 2. The molecule has 0 unspecified atom stereocenters. The third-order valence-corrected chi connectivity index (χ3v) is 4.71. The largest absolute Gasteiger partial charge is 0.493 e. The third-order valence-electron chi connectivity index (χ3n) is 4.71. The SMILES string of the molecule is COc1cc(/C=C/C(=O)NCc2c(C)nn(-c3ccccc3)c2C)ccc1OC(F)F. The van der Waals surface area contributed by atoms with Crippen LogP contribution in [0.15, 0.2) is 54.6 Å². The van der Waals surface area contributed by atoms with Crippen molar-refractivity contribution in [2.24, 2.45) is 0 Å². The molecule has 1 amide bonds. The van der Waals surface area contributed by atoms with E-state index >= 15 is 0 Å². The number of para-hydroxylation sites is 1. The van der Waals surface area contributed by atoms with Crippen molar-refractivity contribution in [1.29, 1.82) is 0 Å². The molecule has 0 aliphatic carbocycles. The molecule has 1 N–H and O–H groups in total. The summed E-state index contributed by atoms with van der Waals surface area (Å²) in [5.74, 6) is -0.207. The standard InChI is InChI=1S/C23H23F2N3O3/c1-15-19(16(2)28(27-15)18-7-5-4-6-8-18)14-26-22(29)12-10-17-9-11-20(31-23(24)25)21(13-17)30-3/h4-13,23H,14H2,1-3H3,(H,26,29)/b12-10+. The number of nitrogens with one attached hydrogen (secondary N) is 1. The van der Waals surface area contributed by atoms with Crippen LogP contribution in [0.4, 0.5) is 8.78 Å². The van der Waals surface area contributed by atoms with Crippen LogP contribution in [0.25, 0.3) is 11.8 Å². The normalized spacial score (nSPS) is 11.2. The van der Waals surface area contributed by atoms with Crippen LogP contribution in [0.5, 0.6) is 11.5 Å². The van der Waals surface area contributed by atoms with Gasteiger partial charge in [-0.1, -0.05) is 24.3 Å². The van der Waals surface area contributed by atoms with Gasteiger partial charge in [0.05, 0.1) is 18.5 Å². The molecule has 0 atom stereocenters. The number of ether oxygens (including phenoxy) is 2. The molecule has 2 aromatic carbocycles. The minimum absolute atomic E-state index is 0.0690. The second kappa shape index (κ2) is 9.88. The zero-order valence-electron chi connectivity index (χ0n) is 17.4. The minimum atomic E-state index is -2.95. The third kappa shape index (κ3) is 5.48. The number of aromatic nitrogens is 2. The van der Waals surface area contributed by atoms with E-state index in [2.05, 4.69) is 15.2 Å². The average molecular weight is 427 g/mol. The van der Waals surface area contributed by atoms with Crippen LogP contribution in [0.1, 0.15) is 22.5 Å². The minimum Gasteiger partial charge on any atom is -0.493 e. The molecule has 0 aliphatic rings. The average Bonchev–Trinajstić information content (AvgIpc) is 3.05. The van der Waals surface area contributed by atoms with Crippen LogP contribution in [-0.2, 0) is 11.3 Å². The lowest BCUT2D eigenvalue weighted by molar-refractivity contribution is -0.116. The van der Waals surface area contributed by atoms with Crippen molar-refractivity contribution >= 4 is 12.0 Å². The van der Waals surface area contributed by atoms with Crippen LogP contribution >= 0.6 is 0 Å². The molecule has 6 nitrogen and oxygen atoms in total. The highest BCUT2D eigenvalue weighted by Crippen LogP contribution is 2.29. The van der Waals surface area contributed by atoms with Gasteiger partial charge >= 0.3 is 6.61 Å². The summed E-state index contributed by atoms with van der Waals surface area (Å²) in [7, 11) is 1.36. The van der Waals surface area contributed by atoms with E-state index in [1.807, 2.05) is 48.9 Å². The van der Waals surface area contributed by atoms with E-state index in [4.69, 9.17) is 4.74 Å². The number of carbonyl (C=O) groups excluding carboxylic acids is 1. The van der Waals surface area contributed by atoms with E-state index in [1.54, 1.807) is 12.1 Å². The number of halogens is 2. The predicted molar refractivity (Wildman–Crippen MR) is 114 cm³/mol. The van der Waals surface area contributed by atoms with Crippen LogP contribution < -0.4 is 14.8 Å². The summed E-state index contributed by atoms with van der Waals surface area (Å²) in [6.45, 7) is 1.25. The lowest BCUT2D eigenvalue weighted by atomic mass is 10.1. The highest BCUT2D eigenvalue weighted by molar-refractivity contribution is 5.91. The van der Waals surface area contributed by atoms with Crippen LogP contribution in [0.3, 0.4) is 0 Å². The number of rotatable bonds is 8. The topological polar surface area (TPSA) is 65.4 Å². The van der Waals surface area contributed by atoms with Gasteiger partial charge in [0.1, 0.15) is 0 Å². The molecule has 0 saturated heterocycles. The second-order valence-corrected chi connectivity index (χ2v) is 6.74. The van der Waals surface area contributed by atoms with Crippen molar-refractivity contribution in [2.45, 2.75) is 27.0 Å². The van der Waals surface area contributed by atoms with E-state index < -0.39 is 6.61 Å². The molecular weight excluding hydrogens is 404 g/mol. The first kappa shape index (κ1) is 22.0. The Morgan fingerprint density at radius 3 is 2.58 bits per heavy atom. The molecule has 8 heteroatoms. The summed E-state index contributed by atoms with van der Waals surface area (Å²) < 4.78 is 36.1. The van der Waals surface area contributed by atoms with Gasteiger partial charge < -0.3 is 14.8 Å². The fourth-order valence-corrected chi connectivity index (χ4v) is 3.14. The van der Waals surface area contributed by atoms with Gasteiger partial charge in [0.25, 0.3) is 0 Å². The molecular formula is C23H23F2N3O3. The van der Waals surface area contributed by atoms with Crippen molar-refractivity contribution in [1.82, 2.24) is 15.1 Å². The van der Waals surface area contributed by atoms with Crippen LogP contribution in [0.2, 0.25) is 0 Å². The quantitative estimate of drug-likeness (QED) is 0.540. The fraction of sp³-hybridized carbons (Fsp3) is 0.217. The molecule has 1 heterocycles. The monoisotopic (exact) mass is 427 g/mol. The molecule has 162 valence electrons. The summed E-state index contributed by atoms with van der Waals surface area (Å²) in [4.78, 5) is 12.3. The Morgan fingerprint density at radius 2 is 1.90 bits per heavy atom. The second-order valence-electron chi connectivity index (χ2n) is 6.74. The molecule has 0 radical (unpaired) electrons. The molecule has 3 aromatic rings. The van der Waals surface area contributed by atoms with E-state index in [0.29, 0.717) is 12.1 Å². The van der Waals surface area contributed by atoms with Gasteiger partial charge in [0.15, 0.2) is 11.5 Å². The van der Waals surface area contributed by atoms with Crippen molar-refractivity contribution < 1.29 is 23.0 Å². The molecule has 31 heavy (non-hydrogen) atoms. The highest BCUT2D eigenvalue weighted by atomic mass is 19.3. The van der Waals surface area contributed by atoms with Crippen molar-refractivity contribution in [3.63, 3.8) is 0 Å². The fourth-order valence-electron chi connectivity index (χ4n) is 3.14. The predicted octanol–water partition coefficient (Wildman–Crippen LogP) is 4.43. The summed E-state index contributed by atoms with van der Waals surface area (Å²) >= 11 is 0. The summed E-state index contributed by atoms with van der Waals surface area (Å²) in [6.07, 6.45) is 2.94. The van der Waals surface area contributed by atoms with Gasteiger partial charge in [-0.3, -0.25) is 4.79 Å². The van der Waals surface area contributed by atoms with Gasteiger partial charge in [0.2, 0.25) is 5.91 Å². The molecule has 1 aromatic heterocycles. The highest BCUT2D eigenvalue weighted by Gasteiger charge is 2.13. The number of amides is 1. The number of hydrogen-bond donors (Lipinski definition) is 1. The molecule has 0 saturated carbocycles. The molecule has 0 fully saturated rings. The van der Waals surface area contributed by atoms with Crippen LogP contribution in [0, 0.1) is 13.8 Å². The Morgan fingerprint density at radius 1 is 1.16 bits per heavy atom. The number of alkyl halides is 2. The van der Waals surface area contributed by atoms with Crippen molar-refractivity contribution in [3.05, 3.63) is 77.1 Å². The zero-order valence-corrected chi connectivity index (χ0v) is 17.4. The lowest BCUT2D eigenvalue weighted by Gasteiger charge is -2.10. The van der Waals surface area contributed by atoms with Gasteiger partial charge in [-0.2, -0.15) is 13.9 Å². The zero-order chi connectivity index (χ0) is 22.4. The summed E-state index contributed by atoms with van der Waals surface area (Å²) in [5.41, 5.74) is 4.30. The van der Waals surface area contributed by atoms with Crippen LogP contribution in [-0.4, -0.2) is 29.4 Å². The Bertz CT molecular complexity index is 1080. The number of carbonyl (C=O) groups is 1. The van der Waals surface area contributed by atoms with E-state index in [-0.39, 0.29) is 17.4 Å².